The summed E-state index contributed by atoms with van der Waals surface area (Å²) in [4.78, 5) is 22.3. The van der Waals surface area contributed by atoms with E-state index in [4.69, 9.17) is 5.11 Å². The predicted octanol–water partition coefficient (Wildman–Crippen LogP) is 1.56. The van der Waals surface area contributed by atoms with Gasteiger partial charge in [-0.15, -0.1) is 5.10 Å². The molecule has 1 amide bonds. The molecule has 2 N–H and O–H groups in total. The largest absolute Gasteiger partial charge is 0.481 e. The monoisotopic (exact) mass is 302 g/mol. The minimum absolute atomic E-state index is 0.111. The summed E-state index contributed by atoms with van der Waals surface area (Å²) < 4.78 is 1.55. The number of carbonyl (C=O) groups excluding carboxylic acids is 1. The molecule has 0 atom stereocenters. The van der Waals surface area contributed by atoms with Crippen LogP contribution in [0.15, 0.2) is 30.5 Å². The molecule has 116 valence electrons. The molecule has 0 bridgehead atoms. The van der Waals surface area contributed by atoms with Crippen molar-refractivity contribution in [2.24, 2.45) is 0 Å². The van der Waals surface area contributed by atoms with Crippen molar-refractivity contribution in [2.45, 2.75) is 26.2 Å². The van der Waals surface area contributed by atoms with E-state index in [2.05, 4.69) is 15.6 Å². The van der Waals surface area contributed by atoms with Crippen molar-refractivity contribution in [3.63, 3.8) is 0 Å². The van der Waals surface area contributed by atoms with Crippen LogP contribution < -0.4 is 5.32 Å². The van der Waals surface area contributed by atoms with Gasteiger partial charge in [-0.05, 0) is 37.5 Å². The van der Waals surface area contributed by atoms with Crippen LogP contribution in [0.3, 0.4) is 0 Å². The molecule has 0 radical (unpaired) electrons. The molecule has 7 nitrogen and oxygen atoms in total. The Bertz CT molecular complexity index is 666. The van der Waals surface area contributed by atoms with Crippen molar-refractivity contribution < 1.29 is 14.7 Å². The molecule has 22 heavy (non-hydrogen) atoms. The van der Waals surface area contributed by atoms with Crippen LogP contribution in [-0.4, -0.2) is 38.5 Å². The number of carbonyl (C=O) groups is 2. The third-order valence-corrected chi connectivity index (χ3v) is 3.10. The van der Waals surface area contributed by atoms with E-state index in [9.17, 15) is 9.59 Å². The molecule has 0 aliphatic heterocycles. The zero-order valence-electron chi connectivity index (χ0n) is 12.3. The molecule has 1 aromatic heterocycles. The molecule has 1 aromatic carbocycles. The Balaban J connectivity index is 1.88. The third kappa shape index (κ3) is 4.41. The highest BCUT2D eigenvalue weighted by atomic mass is 16.4. The molecule has 0 saturated carbocycles. The molecule has 7 heteroatoms. The van der Waals surface area contributed by atoms with E-state index >= 15 is 0 Å². The Labute approximate surface area is 128 Å². The zero-order chi connectivity index (χ0) is 15.9. The number of benzene rings is 1. The van der Waals surface area contributed by atoms with Crippen molar-refractivity contribution in [1.29, 1.82) is 0 Å². The smallest absolute Gasteiger partial charge is 0.303 e. The number of hydrogen-bond acceptors (Lipinski definition) is 4. The topological polar surface area (TPSA) is 97.1 Å². The molecule has 1 heterocycles. The molecule has 0 fully saturated rings. The highest BCUT2D eigenvalue weighted by molar-refractivity contribution is 5.91. The molecule has 0 aliphatic rings. The zero-order valence-corrected chi connectivity index (χ0v) is 12.3. The van der Waals surface area contributed by atoms with Gasteiger partial charge < -0.3 is 10.4 Å². The fourth-order valence-corrected chi connectivity index (χ4v) is 1.96. The summed E-state index contributed by atoms with van der Waals surface area (Å²) in [5.41, 5.74) is 2.17. The number of aromatic nitrogens is 3. The maximum Gasteiger partial charge on any atom is 0.303 e. The van der Waals surface area contributed by atoms with E-state index in [0.717, 1.165) is 11.3 Å². The van der Waals surface area contributed by atoms with E-state index < -0.39 is 5.97 Å². The van der Waals surface area contributed by atoms with Gasteiger partial charge in [-0.1, -0.05) is 17.3 Å². The fraction of sp³-hybridized carbons (Fsp3) is 0.333. The average molecular weight is 302 g/mol. The second kappa shape index (κ2) is 7.35. The van der Waals surface area contributed by atoms with Gasteiger partial charge in [0.2, 0.25) is 0 Å². The van der Waals surface area contributed by atoms with E-state index in [1.807, 2.05) is 31.2 Å². The summed E-state index contributed by atoms with van der Waals surface area (Å²) in [5, 5.41) is 19.0. The number of nitrogens with one attached hydrogen (secondary N) is 1. The molecular weight excluding hydrogens is 284 g/mol. The first kappa shape index (κ1) is 15.7. The summed E-state index contributed by atoms with van der Waals surface area (Å²) in [6.45, 7) is 2.40. The van der Waals surface area contributed by atoms with Crippen molar-refractivity contribution in [2.75, 3.05) is 6.54 Å². The normalized spacial score (nSPS) is 10.4. The Morgan fingerprint density at radius 2 is 2.14 bits per heavy atom. The standard InChI is InChI=1S/C15H18N4O3/c1-11-5-4-6-12(9-11)19-10-13(17-18-19)15(22)16-8-3-2-7-14(20)21/h4-6,9-10H,2-3,7-8H2,1H3,(H,16,22)(H,20,21). The lowest BCUT2D eigenvalue weighted by molar-refractivity contribution is -0.137. The quantitative estimate of drug-likeness (QED) is 0.756. The summed E-state index contributed by atoms with van der Waals surface area (Å²) in [6, 6.07) is 7.72. The molecule has 0 aliphatic carbocycles. The number of aryl methyl sites for hydroxylation is 1. The van der Waals surface area contributed by atoms with E-state index in [0.29, 0.717) is 19.4 Å². The van der Waals surface area contributed by atoms with Gasteiger partial charge in [0.05, 0.1) is 11.9 Å². The molecular formula is C15H18N4O3. The maximum absolute atomic E-state index is 11.9. The number of hydrogen-bond donors (Lipinski definition) is 2. The van der Waals surface area contributed by atoms with Crippen LogP contribution in [0.5, 0.6) is 0 Å². The Morgan fingerprint density at radius 3 is 2.86 bits per heavy atom. The van der Waals surface area contributed by atoms with Gasteiger partial charge in [0.1, 0.15) is 0 Å². The summed E-state index contributed by atoms with van der Waals surface area (Å²) in [6.07, 6.45) is 2.83. The first-order valence-corrected chi connectivity index (χ1v) is 7.05. The lowest BCUT2D eigenvalue weighted by Crippen LogP contribution is -2.24. The van der Waals surface area contributed by atoms with Crippen molar-refractivity contribution >= 4 is 11.9 Å². The lowest BCUT2D eigenvalue weighted by Gasteiger charge is -2.02. The summed E-state index contributed by atoms with van der Waals surface area (Å²) in [5.74, 6) is -1.14. The number of amides is 1. The molecule has 0 unspecified atom stereocenters. The number of nitrogens with zero attached hydrogens (tertiary/aromatic N) is 3. The predicted molar refractivity (Wildman–Crippen MR) is 79.9 cm³/mol. The highest BCUT2D eigenvalue weighted by Crippen LogP contribution is 2.09. The first-order valence-electron chi connectivity index (χ1n) is 7.05. The van der Waals surface area contributed by atoms with Gasteiger partial charge in [0.25, 0.3) is 5.91 Å². The maximum atomic E-state index is 11.9. The third-order valence-electron chi connectivity index (χ3n) is 3.10. The Kier molecular flexibility index (Phi) is 5.24. The highest BCUT2D eigenvalue weighted by Gasteiger charge is 2.11. The average Bonchev–Trinajstić information content (AvgIpc) is 2.96. The van der Waals surface area contributed by atoms with Crippen molar-refractivity contribution in [3.8, 4) is 5.69 Å². The van der Waals surface area contributed by atoms with Crippen LogP contribution >= 0.6 is 0 Å². The molecule has 2 aromatic rings. The fourth-order valence-electron chi connectivity index (χ4n) is 1.96. The van der Waals surface area contributed by atoms with Crippen LogP contribution in [0, 0.1) is 6.92 Å². The lowest BCUT2D eigenvalue weighted by atomic mass is 10.2. The van der Waals surface area contributed by atoms with Crippen LogP contribution in [0.25, 0.3) is 5.69 Å². The second-order valence-corrected chi connectivity index (χ2v) is 4.99. The van der Waals surface area contributed by atoms with Crippen LogP contribution in [0.1, 0.15) is 35.3 Å². The second-order valence-electron chi connectivity index (χ2n) is 4.99. The number of carboxylic acids is 1. The minimum atomic E-state index is -0.826. The summed E-state index contributed by atoms with van der Waals surface area (Å²) >= 11 is 0. The number of carboxylic acid groups (broad SMARTS) is 1. The van der Waals surface area contributed by atoms with Crippen LogP contribution in [-0.2, 0) is 4.79 Å². The molecule has 2 rings (SSSR count). The van der Waals surface area contributed by atoms with Gasteiger partial charge >= 0.3 is 5.97 Å². The molecule has 0 saturated heterocycles. The Hall–Kier alpha value is -2.70. The van der Waals surface area contributed by atoms with Crippen molar-refractivity contribution in [1.82, 2.24) is 20.3 Å². The Morgan fingerprint density at radius 1 is 1.32 bits per heavy atom. The van der Waals surface area contributed by atoms with Crippen molar-refractivity contribution in [3.05, 3.63) is 41.7 Å². The van der Waals surface area contributed by atoms with Crippen LogP contribution in [0.4, 0.5) is 0 Å². The number of aliphatic carboxylic acids is 1. The van der Waals surface area contributed by atoms with Gasteiger partial charge in [0.15, 0.2) is 5.69 Å². The molecule has 0 spiro atoms. The first-order chi connectivity index (χ1) is 10.6. The van der Waals surface area contributed by atoms with E-state index in [1.165, 1.54) is 0 Å². The number of rotatable bonds is 7. The van der Waals surface area contributed by atoms with Gasteiger partial charge in [-0.2, -0.15) is 0 Å². The van der Waals surface area contributed by atoms with Gasteiger partial charge in [-0.3, -0.25) is 9.59 Å². The SMILES string of the molecule is Cc1cccc(-n2cc(C(=O)NCCCCC(=O)O)nn2)c1. The minimum Gasteiger partial charge on any atom is -0.481 e. The van der Waals surface area contributed by atoms with E-state index in [-0.39, 0.29) is 18.0 Å². The van der Waals surface area contributed by atoms with Crippen LogP contribution in [0.2, 0.25) is 0 Å². The number of unbranched alkanes of at least 4 members (excludes halogenated alkanes) is 1. The van der Waals surface area contributed by atoms with E-state index in [1.54, 1.807) is 10.9 Å². The van der Waals surface area contributed by atoms with Gasteiger partial charge in [0, 0.05) is 13.0 Å². The van der Waals surface area contributed by atoms with Gasteiger partial charge in [-0.25, -0.2) is 4.68 Å². The summed E-state index contributed by atoms with van der Waals surface area (Å²) in [7, 11) is 0.